The molecule has 0 unspecified atom stereocenters. The summed E-state index contributed by atoms with van der Waals surface area (Å²) in [5, 5.41) is 77.0. The highest BCUT2D eigenvalue weighted by Crippen LogP contribution is 2.41. The number of aryl methyl sites for hydroxylation is 3. The number of anilines is 5. The zero-order chi connectivity index (χ0) is 82.1. The maximum absolute atomic E-state index is 12.6. The minimum Gasteiger partial charge on any atom is -0.504 e. The lowest BCUT2D eigenvalue weighted by molar-refractivity contribution is -0.118. The van der Waals surface area contributed by atoms with Gasteiger partial charge in [0, 0.05) is 90.6 Å². The van der Waals surface area contributed by atoms with Crippen LogP contribution in [0.2, 0.25) is 0 Å². The van der Waals surface area contributed by atoms with Crippen LogP contribution >= 0.6 is 70.7 Å². The monoisotopic (exact) mass is 1670 g/mol. The lowest BCUT2D eigenvalue weighted by atomic mass is 9.99. The van der Waals surface area contributed by atoms with Gasteiger partial charge >= 0.3 is 17.9 Å². The van der Waals surface area contributed by atoms with Gasteiger partial charge in [-0.3, -0.25) is 14.4 Å². The molecule has 3 aromatic heterocycles. The van der Waals surface area contributed by atoms with E-state index in [0.717, 1.165) is 87.3 Å². The van der Waals surface area contributed by atoms with Crippen molar-refractivity contribution in [1.29, 1.82) is 0 Å². The number of rotatable bonds is 27. The van der Waals surface area contributed by atoms with Gasteiger partial charge in [0.1, 0.15) is 15.0 Å². The average Bonchev–Trinajstić information content (AvgIpc) is 1.68. The molecule has 0 spiro atoms. The first kappa shape index (κ1) is 86.6. The van der Waals surface area contributed by atoms with E-state index < -0.39 is 17.9 Å². The number of hydrogen-bond acceptors (Lipinski definition) is 25. The van der Waals surface area contributed by atoms with Crippen LogP contribution in [0, 0.1) is 0 Å². The lowest BCUT2D eigenvalue weighted by Crippen LogP contribution is -2.46. The van der Waals surface area contributed by atoms with Gasteiger partial charge in [0.15, 0.2) is 67.2 Å². The van der Waals surface area contributed by atoms with Crippen LogP contribution < -0.4 is 41.7 Å². The summed E-state index contributed by atoms with van der Waals surface area (Å²) in [5.74, 6) is -2.91. The van der Waals surface area contributed by atoms with Gasteiger partial charge in [-0.05, 0) is 214 Å². The van der Waals surface area contributed by atoms with Crippen LogP contribution in [0.5, 0.6) is 34.5 Å². The molecule has 0 aliphatic carbocycles. The number of esters is 3. The number of piperazine rings is 1. The van der Waals surface area contributed by atoms with E-state index in [0.29, 0.717) is 57.0 Å². The Hall–Kier alpha value is -10.8. The molecule has 606 valence electrons. The molecule has 3 fully saturated rings. The van der Waals surface area contributed by atoms with Crippen LogP contribution in [0.15, 0.2) is 152 Å². The van der Waals surface area contributed by atoms with Crippen molar-refractivity contribution in [2.24, 2.45) is 0 Å². The highest BCUT2D eigenvalue weighted by atomic mass is 32.1. The molecule has 12 rings (SSSR count). The Morgan fingerprint density at radius 1 is 0.400 bits per heavy atom. The first-order valence-corrected chi connectivity index (χ1v) is 41.2. The third-order valence-electron chi connectivity index (χ3n) is 19.6. The number of thiocarbonyl (C=S) groups is 3. The molecule has 0 radical (unpaired) electrons. The van der Waals surface area contributed by atoms with Gasteiger partial charge in [0.05, 0.1) is 57.7 Å². The second-order valence-electron chi connectivity index (χ2n) is 27.6. The summed E-state index contributed by atoms with van der Waals surface area (Å²) >= 11 is 20.2. The fourth-order valence-electron chi connectivity index (χ4n) is 13.0. The van der Waals surface area contributed by atoms with Gasteiger partial charge in [-0.2, -0.15) is 0 Å². The highest BCUT2D eigenvalue weighted by Gasteiger charge is 2.28. The molecular formula is C84H94N10O15S6. The first-order valence-electron chi connectivity index (χ1n) is 37.5. The van der Waals surface area contributed by atoms with Crippen molar-refractivity contribution in [3.05, 3.63) is 185 Å². The van der Waals surface area contributed by atoms with Crippen LogP contribution in [0.3, 0.4) is 0 Å². The minimum atomic E-state index is -0.484. The van der Waals surface area contributed by atoms with Crippen LogP contribution in [0.1, 0.15) is 99.1 Å². The van der Waals surface area contributed by atoms with Crippen molar-refractivity contribution in [3.63, 3.8) is 0 Å². The zero-order valence-corrected chi connectivity index (χ0v) is 69.1. The fraction of sp³-hybridized carbons (Fsp3) is 0.321. The molecule has 25 nitrogen and oxygen atoms in total. The number of piperidine rings is 2. The van der Waals surface area contributed by atoms with E-state index in [4.69, 9.17) is 50.9 Å². The van der Waals surface area contributed by atoms with E-state index in [-0.39, 0.29) is 106 Å². The van der Waals surface area contributed by atoms with Crippen LogP contribution in [0.25, 0.3) is 31.3 Å². The number of nitrogens with one attached hydrogen (secondary N) is 6. The number of Topliss-reactive ketones (excluding diaryl/α,β-unsaturated/α-hetero) is 3. The summed E-state index contributed by atoms with van der Waals surface area (Å²) in [7, 11) is 6.12. The second kappa shape index (κ2) is 42.6. The number of benzene rings is 6. The van der Waals surface area contributed by atoms with Crippen molar-refractivity contribution in [3.8, 4) is 65.8 Å². The van der Waals surface area contributed by atoms with Gasteiger partial charge in [-0.25, -0.2) is 14.4 Å². The molecule has 115 heavy (non-hydrogen) atoms. The third-order valence-corrected chi connectivity index (χ3v) is 23.6. The van der Waals surface area contributed by atoms with Crippen molar-refractivity contribution in [1.82, 2.24) is 25.8 Å². The number of phenols is 6. The number of ether oxygens (including phenoxy) is 3. The van der Waals surface area contributed by atoms with E-state index in [9.17, 15) is 59.4 Å². The van der Waals surface area contributed by atoms with Crippen molar-refractivity contribution in [2.45, 2.75) is 76.7 Å². The Bertz CT molecular complexity index is 4880. The van der Waals surface area contributed by atoms with Gasteiger partial charge in [0.25, 0.3) is 0 Å². The third kappa shape index (κ3) is 25.4. The largest absolute Gasteiger partial charge is 0.504 e. The van der Waals surface area contributed by atoms with E-state index in [1.807, 2.05) is 42.5 Å². The quantitative estimate of drug-likeness (QED) is 0.00985. The highest BCUT2D eigenvalue weighted by molar-refractivity contribution is 7.81. The zero-order valence-electron chi connectivity index (χ0n) is 64.2. The summed E-state index contributed by atoms with van der Waals surface area (Å²) in [6.07, 6.45) is 8.41. The topological polar surface area (TPSA) is 337 Å². The van der Waals surface area contributed by atoms with E-state index in [2.05, 4.69) is 94.9 Å². The molecule has 0 atom stereocenters. The number of carbonyl (C=O) groups is 6. The Morgan fingerprint density at radius 2 is 0.730 bits per heavy atom. The Labute approximate surface area is 695 Å². The standard InChI is InChI=1S/C33H40N4O5S2.C28H32N4O5S2.C23H22N2O5S2/c1-42-32(41)27-20-30(23-7-9-24(10-8-23)37-17-13-25(14-18-37)36-15-3-2-4-16-36)44-31(27)35-33(43)34-21-26(38)11-5-22-6-12-28(39)29(40)19-22;1-31-11-13-32(14-12-31)20-7-5-19(6-8-20)25-16-22(27(36)37-2)26(39-25)30-28(38)29-17-21(33)9-3-18-4-10-23(34)24(35)15-18;1-30-22(29)17-12-20(15-5-3-2-4-6-15)32-21(17)25-23(31)24-13-16(26)9-7-14-8-10-18(27)19(28)11-14/h6-10,12,19-20,25,39-40H,2-5,11,13-18,21H2,1H3,(H2,34,35,43);4-8,10,15-16,34-35H,3,9,11-14,17H2,1-2H3,(H2,29,30,38);2-6,8,10-12,27-28H,7,9,13H2,1H3,(H2,24,25,31). The number of likely N-dealkylation sites (N-methyl/N-ethyl adjacent to an activating group) is 1. The number of likely N-dealkylation sites (tertiary alicyclic amines) is 1. The lowest BCUT2D eigenvalue weighted by Gasteiger charge is -2.41. The molecule has 6 aromatic carbocycles. The molecule has 3 saturated heterocycles. The molecular weight excluding hydrogens is 1580 g/mol. The number of aromatic hydroxyl groups is 6. The van der Waals surface area contributed by atoms with Crippen molar-refractivity contribution >= 4 is 148 Å². The normalized spacial score (nSPS) is 13.6. The summed E-state index contributed by atoms with van der Waals surface area (Å²) < 4.78 is 14.9. The Balaban J connectivity index is 0.000000185. The van der Waals surface area contributed by atoms with Crippen molar-refractivity contribution < 1.29 is 73.6 Å². The smallest absolute Gasteiger partial charge is 0.340 e. The number of ketones is 3. The van der Waals surface area contributed by atoms with E-state index in [1.54, 1.807) is 36.4 Å². The minimum absolute atomic E-state index is 0.00937. The molecule has 9 aromatic rings. The summed E-state index contributed by atoms with van der Waals surface area (Å²) in [4.78, 5) is 86.7. The predicted octanol–water partition coefficient (Wildman–Crippen LogP) is 13.5. The summed E-state index contributed by atoms with van der Waals surface area (Å²) in [6, 6.07) is 45.9. The molecule has 3 aliphatic heterocycles. The van der Waals surface area contributed by atoms with Crippen LogP contribution in [-0.4, -0.2) is 197 Å². The molecule has 0 amide bonds. The average molecular weight is 1680 g/mol. The first-order chi connectivity index (χ1) is 55.4. The number of hydrogen-bond donors (Lipinski definition) is 12. The number of phenolic OH excluding ortho intramolecular Hbond substituents is 6. The number of carbonyl (C=O) groups excluding carboxylic acids is 6. The molecule has 6 heterocycles. The molecule has 0 saturated carbocycles. The SMILES string of the molecule is COC(=O)c1cc(-c2ccc(N3CCC(N4CCCCC4)CC3)cc2)sc1NC(=S)NCC(=O)CCc1ccc(O)c(O)c1.COC(=O)c1cc(-c2ccc(N3CCN(C)CC3)cc2)sc1NC(=S)NCC(=O)CCc1ccc(O)c(O)c1.COC(=O)c1cc(-c2ccccc2)sc1NC(=S)NCC(=O)CCc1ccc(O)c(O)c1. The van der Waals surface area contributed by atoms with E-state index >= 15 is 0 Å². The maximum Gasteiger partial charge on any atom is 0.340 e. The van der Waals surface area contributed by atoms with Gasteiger partial charge < -0.3 is 96.4 Å². The summed E-state index contributed by atoms with van der Waals surface area (Å²) in [5.41, 5.74) is 8.65. The van der Waals surface area contributed by atoms with Crippen molar-refractivity contribution in [2.75, 3.05) is 126 Å². The Kier molecular flexibility index (Phi) is 32.1. The number of methoxy groups -OCH3 is 3. The van der Waals surface area contributed by atoms with Crippen LogP contribution in [-0.2, 0) is 47.9 Å². The number of thiophene rings is 3. The van der Waals surface area contributed by atoms with Gasteiger partial charge in [0.2, 0.25) is 0 Å². The van der Waals surface area contributed by atoms with E-state index in [1.165, 1.54) is 148 Å². The molecule has 3 aliphatic rings. The molecule has 12 N–H and O–H groups in total. The molecule has 31 heteroatoms. The summed E-state index contributed by atoms with van der Waals surface area (Å²) in [6.45, 7) is 8.71. The van der Waals surface area contributed by atoms with Gasteiger partial charge in [-0.1, -0.05) is 79.2 Å². The number of nitrogens with zero attached hydrogens (tertiary/aromatic N) is 4. The molecule has 0 bridgehead atoms. The second-order valence-corrected chi connectivity index (χ2v) is 32.0. The van der Waals surface area contributed by atoms with Gasteiger partial charge in [-0.15, -0.1) is 34.0 Å². The fourth-order valence-corrected chi connectivity index (χ4v) is 16.9. The predicted molar refractivity (Wildman–Crippen MR) is 466 cm³/mol. The van der Waals surface area contributed by atoms with Crippen LogP contribution in [0.4, 0.5) is 26.4 Å². The Morgan fingerprint density at radius 3 is 1.06 bits per heavy atom. The maximum atomic E-state index is 12.6.